The molecule has 0 aliphatic carbocycles. The van der Waals surface area contributed by atoms with Crippen LogP contribution in [0.25, 0.3) is 0 Å². The van der Waals surface area contributed by atoms with E-state index in [4.69, 9.17) is 5.14 Å². The van der Waals surface area contributed by atoms with E-state index in [1.165, 1.54) is 25.9 Å². The van der Waals surface area contributed by atoms with Crippen LogP contribution in [0.1, 0.15) is 32.1 Å². The van der Waals surface area contributed by atoms with Gasteiger partial charge in [0, 0.05) is 25.4 Å². The van der Waals surface area contributed by atoms with E-state index in [1.807, 2.05) is 0 Å². The molecule has 0 radical (unpaired) electrons. The summed E-state index contributed by atoms with van der Waals surface area (Å²) in [4.78, 5) is 16.1. The van der Waals surface area contributed by atoms with Crippen molar-refractivity contribution < 1.29 is 13.2 Å². The van der Waals surface area contributed by atoms with Gasteiger partial charge in [0.1, 0.15) is 0 Å². The molecular weight excluding hydrogens is 278 g/mol. The third-order valence-corrected chi connectivity index (χ3v) is 5.05. The fourth-order valence-corrected chi connectivity index (χ4v) is 4.03. The van der Waals surface area contributed by atoms with Crippen LogP contribution in [0.2, 0.25) is 0 Å². The van der Waals surface area contributed by atoms with E-state index in [2.05, 4.69) is 4.90 Å². The van der Waals surface area contributed by atoms with Gasteiger partial charge in [-0.2, -0.15) is 0 Å². The molecule has 2 heterocycles. The topological polar surface area (TPSA) is 83.7 Å². The highest BCUT2D eigenvalue weighted by Gasteiger charge is 2.31. The molecule has 1 atom stereocenters. The first-order valence-corrected chi connectivity index (χ1v) is 9.16. The van der Waals surface area contributed by atoms with Gasteiger partial charge in [-0.05, 0) is 45.3 Å². The molecule has 0 aromatic heterocycles. The lowest BCUT2D eigenvalue weighted by Gasteiger charge is -2.18. The van der Waals surface area contributed by atoms with E-state index in [9.17, 15) is 13.2 Å². The van der Waals surface area contributed by atoms with Crippen LogP contribution >= 0.6 is 0 Å². The van der Waals surface area contributed by atoms with Gasteiger partial charge in [0.25, 0.3) is 0 Å². The normalized spacial score (nSPS) is 24.8. The molecule has 0 bridgehead atoms. The van der Waals surface area contributed by atoms with Gasteiger partial charge in [0.2, 0.25) is 15.9 Å². The second-order valence-electron chi connectivity index (χ2n) is 6.00. The molecule has 0 spiro atoms. The summed E-state index contributed by atoms with van der Waals surface area (Å²) in [5, 5.41) is 5.03. The van der Waals surface area contributed by atoms with Crippen LogP contribution in [0.4, 0.5) is 0 Å². The Bertz CT molecular complexity index is 432. The summed E-state index contributed by atoms with van der Waals surface area (Å²) in [6, 6.07) is 0. The van der Waals surface area contributed by atoms with Crippen molar-refractivity contribution in [1.82, 2.24) is 9.80 Å². The highest BCUT2D eigenvalue weighted by atomic mass is 32.2. The van der Waals surface area contributed by atoms with E-state index in [1.54, 1.807) is 4.90 Å². The number of carbonyl (C=O) groups excluding carboxylic acids is 1. The van der Waals surface area contributed by atoms with Gasteiger partial charge in [0.05, 0.1) is 5.75 Å². The van der Waals surface area contributed by atoms with Crippen LogP contribution in [0.3, 0.4) is 0 Å². The van der Waals surface area contributed by atoms with Crippen LogP contribution in [0, 0.1) is 5.92 Å². The number of rotatable bonds is 7. The van der Waals surface area contributed by atoms with Crippen molar-refractivity contribution in [1.29, 1.82) is 0 Å². The number of unbranched alkanes of at least 4 members (excludes halogenated alkanes) is 1. The Morgan fingerprint density at radius 3 is 2.45 bits per heavy atom. The molecule has 1 amide bonds. The monoisotopic (exact) mass is 303 g/mol. The van der Waals surface area contributed by atoms with Crippen LogP contribution in [0.15, 0.2) is 0 Å². The lowest BCUT2D eigenvalue weighted by Crippen LogP contribution is -2.29. The van der Waals surface area contributed by atoms with Gasteiger partial charge >= 0.3 is 0 Å². The molecule has 2 fully saturated rings. The number of likely N-dealkylation sites (tertiary alicyclic amines) is 2. The number of hydrogen-bond donors (Lipinski definition) is 1. The molecule has 7 heteroatoms. The molecule has 20 heavy (non-hydrogen) atoms. The minimum atomic E-state index is -3.48. The summed E-state index contributed by atoms with van der Waals surface area (Å²) in [5.74, 6) is -0.140. The molecular formula is C13H25N3O3S. The van der Waals surface area contributed by atoms with E-state index in [0.29, 0.717) is 13.0 Å². The molecule has 2 saturated heterocycles. The number of carbonyl (C=O) groups is 1. The molecule has 6 nitrogen and oxygen atoms in total. The lowest BCUT2D eigenvalue weighted by atomic mass is 10.1. The average molecular weight is 303 g/mol. The number of primary sulfonamides is 1. The van der Waals surface area contributed by atoms with E-state index in [-0.39, 0.29) is 17.6 Å². The molecule has 2 rings (SSSR count). The van der Waals surface area contributed by atoms with E-state index < -0.39 is 10.0 Å². The largest absolute Gasteiger partial charge is 0.342 e. The first-order valence-electron chi connectivity index (χ1n) is 7.44. The number of nitrogens with zero attached hydrogens (tertiary/aromatic N) is 2. The maximum atomic E-state index is 11.8. The predicted molar refractivity (Wildman–Crippen MR) is 77.6 cm³/mol. The maximum Gasteiger partial charge on any atom is 0.222 e. The van der Waals surface area contributed by atoms with Crippen LogP contribution in [-0.2, 0) is 14.8 Å². The number of amides is 1. The zero-order valence-corrected chi connectivity index (χ0v) is 12.8. The predicted octanol–water partition coefficient (Wildman–Crippen LogP) is -0.000600. The van der Waals surface area contributed by atoms with Crippen molar-refractivity contribution in [3.8, 4) is 0 Å². The SMILES string of the molecule is NS(=O)(=O)CC1CC(=O)N(CCCCN2CCCC2)C1. The molecule has 0 saturated carbocycles. The highest BCUT2D eigenvalue weighted by Crippen LogP contribution is 2.19. The van der Waals surface area contributed by atoms with Crippen LogP contribution in [-0.4, -0.2) is 62.6 Å². The Balaban J connectivity index is 1.64. The minimum Gasteiger partial charge on any atom is -0.342 e. The average Bonchev–Trinajstić information content (AvgIpc) is 2.93. The van der Waals surface area contributed by atoms with Gasteiger partial charge in [-0.25, -0.2) is 13.6 Å². The second-order valence-corrected chi connectivity index (χ2v) is 7.65. The van der Waals surface area contributed by atoms with Crippen molar-refractivity contribution in [2.75, 3.05) is 38.5 Å². The molecule has 0 aromatic rings. The lowest BCUT2D eigenvalue weighted by molar-refractivity contribution is -0.127. The van der Waals surface area contributed by atoms with Crippen molar-refractivity contribution in [3.63, 3.8) is 0 Å². The Morgan fingerprint density at radius 2 is 1.80 bits per heavy atom. The highest BCUT2D eigenvalue weighted by molar-refractivity contribution is 7.89. The number of sulfonamides is 1. The van der Waals surface area contributed by atoms with Gasteiger partial charge in [-0.15, -0.1) is 0 Å². The number of hydrogen-bond acceptors (Lipinski definition) is 4. The van der Waals surface area contributed by atoms with E-state index in [0.717, 1.165) is 25.9 Å². The minimum absolute atomic E-state index is 0.0693. The van der Waals surface area contributed by atoms with Crippen LogP contribution < -0.4 is 5.14 Å². The summed E-state index contributed by atoms with van der Waals surface area (Å²) in [6.45, 7) is 4.81. The Labute approximate surface area is 121 Å². The molecule has 2 aliphatic heterocycles. The third kappa shape index (κ3) is 5.03. The van der Waals surface area contributed by atoms with Gasteiger partial charge in [0.15, 0.2) is 0 Å². The number of nitrogens with two attached hydrogens (primary N) is 1. The quantitative estimate of drug-likeness (QED) is 0.671. The molecule has 0 aromatic carbocycles. The molecule has 1 unspecified atom stereocenters. The first kappa shape index (κ1) is 15.7. The Morgan fingerprint density at radius 1 is 1.15 bits per heavy atom. The zero-order valence-electron chi connectivity index (χ0n) is 12.0. The van der Waals surface area contributed by atoms with E-state index >= 15 is 0 Å². The maximum absolute atomic E-state index is 11.8. The summed E-state index contributed by atoms with van der Waals surface area (Å²) in [5.41, 5.74) is 0. The van der Waals surface area contributed by atoms with Crippen molar-refractivity contribution >= 4 is 15.9 Å². The third-order valence-electron chi connectivity index (χ3n) is 4.11. The van der Waals surface area contributed by atoms with Gasteiger partial charge in [-0.1, -0.05) is 0 Å². The van der Waals surface area contributed by atoms with Crippen LogP contribution in [0.5, 0.6) is 0 Å². The Kier molecular flexibility index (Phi) is 5.40. The fourth-order valence-electron chi connectivity index (χ4n) is 3.15. The summed E-state index contributed by atoms with van der Waals surface area (Å²) < 4.78 is 22.1. The second kappa shape index (κ2) is 6.87. The standard InChI is InChI=1S/C13H25N3O3S/c14-20(18,19)11-12-9-13(17)16(10-12)8-4-3-7-15-5-1-2-6-15/h12H,1-11H2,(H2,14,18,19). The molecule has 2 N–H and O–H groups in total. The molecule has 2 aliphatic rings. The van der Waals surface area contributed by atoms with Crippen molar-refractivity contribution in [3.05, 3.63) is 0 Å². The summed E-state index contributed by atoms with van der Waals surface area (Å²) in [7, 11) is -3.48. The van der Waals surface area contributed by atoms with Gasteiger partial charge < -0.3 is 9.80 Å². The zero-order chi connectivity index (χ0) is 14.6. The molecule has 116 valence electrons. The first-order chi connectivity index (χ1) is 9.44. The van der Waals surface area contributed by atoms with Gasteiger partial charge in [-0.3, -0.25) is 4.79 Å². The summed E-state index contributed by atoms with van der Waals surface area (Å²) in [6.07, 6.45) is 5.02. The fraction of sp³-hybridized carbons (Fsp3) is 0.923. The summed E-state index contributed by atoms with van der Waals surface area (Å²) >= 11 is 0. The van der Waals surface area contributed by atoms with Crippen molar-refractivity contribution in [2.24, 2.45) is 11.1 Å². The smallest absolute Gasteiger partial charge is 0.222 e. The Hall–Kier alpha value is -0.660. The van der Waals surface area contributed by atoms with Crippen molar-refractivity contribution in [2.45, 2.75) is 32.1 Å².